The maximum Gasteiger partial charge on any atom is 0.227 e. The Labute approximate surface area is 208 Å². The van der Waals surface area contributed by atoms with E-state index in [4.69, 9.17) is 15.5 Å². The Bertz CT molecular complexity index is 1160. The van der Waals surface area contributed by atoms with E-state index in [-0.39, 0.29) is 17.2 Å². The molecule has 0 unspecified atom stereocenters. The molecule has 1 aliphatic heterocycles. The number of methoxy groups -OCH3 is 1. The number of nitrogen functional groups attached to an aromatic ring is 1. The van der Waals surface area contributed by atoms with Crippen LogP contribution in [0.25, 0.3) is 0 Å². The minimum Gasteiger partial charge on any atom is -0.497 e. The van der Waals surface area contributed by atoms with Crippen molar-refractivity contribution in [3.63, 3.8) is 0 Å². The third-order valence-electron chi connectivity index (χ3n) is 6.73. The van der Waals surface area contributed by atoms with Crippen LogP contribution in [0.2, 0.25) is 0 Å². The number of nitrogens with zero attached hydrogens (tertiary/aromatic N) is 3. The van der Waals surface area contributed by atoms with Crippen LogP contribution < -0.4 is 15.8 Å². The molecule has 1 atom stereocenters. The quantitative estimate of drug-likeness (QED) is 0.596. The van der Waals surface area contributed by atoms with Gasteiger partial charge in [0, 0.05) is 29.3 Å². The predicted octanol–water partition coefficient (Wildman–Crippen LogP) is 5.17. The molecular formula is C28H35N5O2. The number of aliphatic imine (C=N–C) groups is 1. The van der Waals surface area contributed by atoms with E-state index in [1.165, 1.54) is 0 Å². The first-order valence-corrected chi connectivity index (χ1v) is 12.4. The molecule has 184 valence electrons. The zero-order chi connectivity index (χ0) is 25.0. The van der Waals surface area contributed by atoms with Gasteiger partial charge in [-0.25, -0.2) is 9.97 Å². The van der Waals surface area contributed by atoms with Gasteiger partial charge >= 0.3 is 0 Å². The average Bonchev–Trinajstić information content (AvgIpc) is 3.06. The summed E-state index contributed by atoms with van der Waals surface area (Å²) in [6.45, 7) is 6.16. The van der Waals surface area contributed by atoms with Crippen molar-refractivity contribution in [2.24, 2.45) is 28.2 Å². The lowest BCUT2D eigenvalue weighted by Gasteiger charge is -2.31. The van der Waals surface area contributed by atoms with Gasteiger partial charge in [-0.15, -0.1) is 0 Å². The largest absolute Gasteiger partial charge is 0.497 e. The molecule has 4 rings (SSSR count). The lowest BCUT2D eigenvalue weighted by atomic mass is 9.74. The highest BCUT2D eigenvalue weighted by atomic mass is 16.5. The number of aromatic nitrogens is 2. The molecule has 3 N–H and O–H groups in total. The van der Waals surface area contributed by atoms with Gasteiger partial charge in [0.25, 0.3) is 0 Å². The molecule has 1 aromatic carbocycles. The first kappa shape index (κ1) is 24.7. The van der Waals surface area contributed by atoms with Gasteiger partial charge in [-0.2, -0.15) is 0 Å². The second-order valence-electron chi connectivity index (χ2n) is 10.5. The summed E-state index contributed by atoms with van der Waals surface area (Å²) in [6.07, 6.45) is 7.57. The molecule has 7 heteroatoms. The minimum atomic E-state index is -0.127. The van der Waals surface area contributed by atoms with Gasteiger partial charge < -0.3 is 15.8 Å². The highest BCUT2D eigenvalue weighted by Gasteiger charge is 2.31. The summed E-state index contributed by atoms with van der Waals surface area (Å²) in [5, 5.41) is 3.05. The number of carbonyl (C=O) groups is 1. The summed E-state index contributed by atoms with van der Waals surface area (Å²) in [7, 11) is 1.62. The highest BCUT2D eigenvalue weighted by molar-refractivity contribution is 5.92. The van der Waals surface area contributed by atoms with E-state index >= 15 is 0 Å². The third kappa shape index (κ3) is 6.39. The van der Waals surface area contributed by atoms with Gasteiger partial charge in [0.05, 0.1) is 12.8 Å². The molecule has 0 spiro atoms. The molecule has 2 aliphatic rings. The molecule has 2 aromatic rings. The van der Waals surface area contributed by atoms with Crippen LogP contribution in [0.1, 0.15) is 64.4 Å². The van der Waals surface area contributed by atoms with E-state index in [0.717, 1.165) is 55.7 Å². The zero-order valence-corrected chi connectivity index (χ0v) is 21.1. The van der Waals surface area contributed by atoms with Crippen molar-refractivity contribution >= 4 is 29.3 Å². The van der Waals surface area contributed by atoms with Crippen LogP contribution in [-0.2, 0) is 11.2 Å². The SMILES string of the molecule is COc1cccc(NC(=O)C2CCC([C@@H]3C=Nc4c(N)nc(C#CC(C)(C)C)nc4CC3)CC2)c1. The molecule has 35 heavy (non-hydrogen) atoms. The van der Waals surface area contributed by atoms with E-state index in [0.29, 0.717) is 29.2 Å². The summed E-state index contributed by atoms with van der Waals surface area (Å²) in [6, 6.07) is 7.48. The van der Waals surface area contributed by atoms with Gasteiger partial charge in [0.15, 0.2) is 5.82 Å². The minimum absolute atomic E-state index is 0.0304. The predicted molar refractivity (Wildman–Crippen MR) is 140 cm³/mol. The smallest absolute Gasteiger partial charge is 0.227 e. The molecule has 1 aromatic heterocycles. The highest BCUT2D eigenvalue weighted by Crippen LogP contribution is 2.38. The van der Waals surface area contributed by atoms with Crippen LogP contribution in [0.15, 0.2) is 29.3 Å². The van der Waals surface area contributed by atoms with Crippen LogP contribution in [-0.4, -0.2) is 29.2 Å². The van der Waals surface area contributed by atoms with Crippen molar-refractivity contribution in [1.29, 1.82) is 0 Å². The molecular weight excluding hydrogens is 438 g/mol. The number of nitrogens with two attached hydrogens (primary N) is 1. The third-order valence-corrected chi connectivity index (χ3v) is 6.73. The number of ether oxygens (including phenoxy) is 1. The standard InChI is InChI=1S/C28H35N5O2/c1-28(2,3)15-14-24-32-23-13-12-20(17-30-25(23)26(29)33-24)18-8-10-19(11-9-18)27(34)31-21-6-5-7-22(16-21)35-4/h5-7,16-20H,8-13H2,1-4H3,(H,31,34)(H2,29,32,33)/t18?,19?,20-/m0/s1. The molecule has 1 amide bonds. The number of amides is 1. The van der Waals surface area contributed by atoms with Crippen molar-refractivity contribution in [3.8, 4) is 17.6 Å². The van der Waals surface area contributed by atoms with Crippen LogP contribution in [0.3, 0.4) is 0 Å². The molecule has 1 saturated carbocycles. The molecule has 1 aliphatic carbocycles. The van der Waals surface area contributed by atoms with Crippen molar-refractivity contribution in [2.45, 2.75) is 59.3 Å². The van der Waals surface area contributed by atoms with E-state index in [1.807, 2.05) is 30.5 Å². The van der Waals surface area contributed by atoms with Crippen LogP contribution in [0.4, 0.5) is 17.2 Å². The fraction of sp³-hybridized carbons (Fsp3) is 0.500. The Morgan fingerprint density at radius 1 is 1.14 bits per heavy atom. The fourth-order valence-electron chi connectivity index (χ4n) is 4.80. The van der Waals surface area contributed by atoms with E-state index in [1.54, 1.807) is 7.11 Å². The summed E-state index contributed by atoms with van der Waals surface area (Å²) >= 11 is 0. The van der Waals surface area contributed by atoms with Gasteiger partial charge in [0.1, 0.15) is 11.4 Å². The second kappa shape index (κ2) is 10.5. The number of carbonyl (C=O) groups excluding carboxylic acids is 1. The van der Waals surface area contributed by atoms with E-state index < -0.39 is 0 Å². The number of anilines is 2. The molecule has 1 fully saturated rings. The lowest BCUT2D eigenvalue weighted by molar-refractivity contribution is -0.121. The Morgan fingerprint density at radius 3 is 2.63 bits per heavy atom. The Kier molecular flexibility index (Phi) is 7.39. The number of aryl methyl sites for hydroxylation is 1. The number of hydrogen-bond donors (Lipinski definition) is 2. The van der Waals surface area contributed by atoms with Crippen molar-refractivity contribution < 1.29 is 9.53 Å². The summed E-state index contributed by atoms with van der Waals surface area (Å²) < 4.78 is 5.25. The number of fused-ring (bicyclic) bond motifs is 1. The molecule has 0 bridgehead atoms. The maximum absolute atomic E-state index is 12.8. The average molecular weight is 474 g/mol. The van der Waals surface area contributed by atoms with Gasteiger partial charge in [-0.3, -0.25) is 9.79 Å². The van der Waals surface area contributed by atoms with Crippen molar-refractivity contribution in [3.05, 3.63) is 35.8 Å². The molecule has 0 saturated heterocycles. The normalized spacial score (nSPS) is 21.8. The van der Waals surface area contributed by atoms with Gasteiger partial charge in [-0.05, 0) is 89.2 Å². The van der Waals surface area contributed by atoms with Gasteiger partial charge in [-0.1, -0.05) is 12.0 Å². The maximum atomic E-state index is 12.8. The lowest BCUT2D eigenvalue weighted by Crippen LogP contribution is -2.30. The Balaban J connectivity index is 1.35. The van der Waals surface area contributed by atoms with Crippen LogP contribution in [0, 0.1) is 35.0 Å². The number of nitrogens with one attached hydrogen (secondary N) is 1. The van der Waals surface area contributed by atoms with Crippen LogP contribution >= 0.6 is 0 Å². The fourth-order valence-corrected chi connectivity index (χ4v) is 4.80. The Hall–Kier alpha value is -3.40. The number of benzene rings is 1. The zero-order valence-electron chi connectivity index (χ0n) is 21.1. The summed E-state index contributed by atoms with van der Waals surface area (Å²) in [5.41, 5.74) is 8.43. The first-order valence-electron chi connectivity index (χ1n) is 12.4. The van der Waals surface area contributed by atoms with Crippen molar-refractivity contribution in [1.82, 2.24) is 9.97 Å². The first-order chi connectivity index (χ1) is 16.7. The molecule has 2 heterocycles. The Morgan fingerprint density at radius 2 is 1.91 bits per heavy atom. The second-order valence-corrected chi connectivity index (χ2v) is 10.5. The summed E-state index contributed by atoms with van der Waals surface area (Å²) in [5.74, 6) is 8.79. The molecule has 0 radical (unpaired) electrons. The van der Waals surface area contributed by atoms with Crippen LogP contribution in [0.5, 0.6) is 5.75 Å². The topological polar surface area (TPSA) is 102 Å². The monoisotopic (exact) mass is 473 g/mol. The van der Waals surface area contributed by atoms with E-state index in [2.05, 4.69) is 47.9 Å². The van der Waals surface area contributed by atoms with E-state index in [9.17, 15) is 4.79 Å². The van der Waals surface area contributed by atoms with Gasteiger partial charge in [0.2, 0.25) is 11.7 Å². The number of rotatable bonds is 4. The van der Waals surface area contributed by atoms with Crippen molar-refractivity contribution in [2.75, 3.05) is 18.2 Å². The number of hydrogen-bond acceptors (Lipinski definition) is 6. The summed E-state index contributed by atoms with van der Waals surface area (Å²) in [4.78, 5) is 26.6. The molecule has 7 nitrogen and oxygen atoms in total.